The van der Waals surface area contributed by atoms with Crippen molar-refractivity contribution in [2.75, 3.05) is 13.1 Å². The van der Waals surface area contributed by atoms with Gasteiger partial charge in [-0.15, -0.1) is 0 Å². The summed E-state index contributed by atoms with van der Waals surface area (Å²) < 4.78 is 26.5. The first kappa shape index (κ1) is 17.4. The van der Waals surface area contributed by atoms with Crippen molar-refractivity contribution in [3.63, 3.8) is 0 Å². The molecule has 1 fully saturated rings. The van der Waals surface area contributed by atoms with Crippen LogP contribution >= 0.6 is 0 Å². The van der Waals surface area contributed by atoms with Gasteiger partial charge in [0, 0.05) is 19.5 Å². The molecular weight excluding hydrogens is 318 g/mol. The molecular formula is C15H21N3O4S. The van der Waals surface area contributed by atoms with Crippen LogP contribution in [0.25, 0.3) is 0 Å². The van der Waals surface area contributed by atoms with Gasteiger partial charge < -0.3 is 10.6 Å². The Hall–Kier alpha value is -1.93. The minimum atomic E-state index is -3.58. The number of hydrogen-bond acceptors (Lipinski definition) is 4. The number of piperidine rings is 1. The molecule has 1 heterocycles. The molecule has 0 spiro atoms. The molecule has 8 heteroatoms. The van der Waals surface area contributed by atoms with Crippen molar-refractivity contribution in [3.8, 4) is 0 Å². The first-order valence-corrected chi connectivity index (χ1v) is 9.00. The van der Waals surface area contributed by atoms with Crippen LogP contribution in [0.4, 0.5) is 0 Å². The Labute approximate surface area is 135 Å². The summed E-state index contributed by atoms with van der Waals surface area (Å²) in [7, 11) is -3.58. The fourth-order valence-electron chi connectivity index (χ4n) is 2.30. The molecule has 0 radical (unpaired) electrons. The van der Waals surface area contributed by atoms with Crippen molar-refractivity contribution < 1.29 is 18.0 Å². The van der Waals surface area contributed by atoms with Gasteiger partial charge in [-0.25, -0.2) is 13.1 Å². The monoisotopic (exact) mass is 339 g/mol. The third-order valence-corrected chi connectivity index (χ3v) is 5.07. The highest BCUT2D eigenvalue weighted by molar-refractivity contribution is 7.89. The molecule has 1 saturated heterocycles. The van der Waals surface area contributed by atoms with E-state index in [0.717, 1.165) is 5.56 Å². The molecule has 1 aromatic rings. The molecule has 2 rings (SSSR count). The van der Waals surface area contributed by atoms with Crippen LogP contribution in [0.1, 0.15) is 24.8 Å². The van der Waals surface area contributed by atoms with E-state index in [1.165, 1.54) is 12.1 Å². The molecule has 2 amide bonds. The fourth-order valence-corrected chi connectivity index (χ4v) is 3.33. The maximum Gasteiger partial charge on any atom is 0.242 e. The average Bonchev–Trinajstić information content (AvgIpc) is 2.52. The van der Waals surface area contributed by atoms with Crippen LogP contribution in [0.15, 0.2) is 29.2 Å². The van der Waals surface area contributed by atoms with E-state index in [2.05, 4.69) is 15.4 Å². The predicted molar refractivity (Wildman–Crippen MR) is 85.2 cm³/mol. The van der Waals surface area contributed by atoms with Gasteiger partial charge in [-0.1, -0.05) is 17.7 Å². The highest BCUT2D eigenvalue weighted by Crippen LogP contribution is 2.09. The summed E-state index contributed by atoms with van der Waals surface area (Å²) in [6, 6.07) is 6.00. The maximum absolute atomic E-state index is 12.1. The van der Waals surface area contributed by atoms with E-state index in [-0.39, 0.29) is 29.8 Å². The largest absolute Gasteiger partial charge is 0.353 e. The summed E-state index contributed by atoms with van der Waals surface area (Å²) in [5.41, 5.74) is 0.978. The van der Waals surface area contributed by atoms with Gasteiger partial charge >= 0.3 is 0 Å². The van der Waals surface area contributed by atoms with E-state index in [9.17, 15) is 18.0 Å². The summed E-state index contributed by atoms with van der Waals surface area (Å²) in [5.74, 6) is -0.413. The van der Waals surface area contributed by atoms with Crippen LogP contribution in [0, 0.1) is 6.92 Å². The molecule has 23 heavy (non-hydrogen) atoms. The summed E-state index contributed by atoms with van der Waals surface area (Å²) in [6.45, 7) is 2.13. The fraction of sp³-hybridized carbons (Fsp3) is 0.467. The summed E-state index contributed by atoms with van der Waals surface area (Å²) in [6.07, 6.45) is 1.73. The Morgan fingerprint density at radius 3 is 2.61 bits per heavy atom. The number of rotatable bonds is 6. The number of carbonyl (C=O) groups is 2. The standard InChI is InChI=1S/C15H21N3O4S/c1-11-5-7-12(8-6-11)23(21,22)17-10-9-16-15(20)13-3-2-4-14(19)18-13/h5-8,13,17H,2-4,9-10H2,1H3,(H,16,20)(H,18,19)/t13-/m1/s1. The highest BCUT2D eigenvalue weighted by atomic mass is 32.2. The molecule has 1 aromatic carbocycles. The van der Waals surface area contributed by atoms with Gasteiger partial charge in [0.25, 0.3) is 0 Å². The molecule has 0 bridgehead atoms. The zero-order valence-corrected chi connectivity index (χ0v) is 13.8. The van der Waals surface area contributed by atoms with Crippen LogP contribution < -0.4 is 15.4 Å². The first-order valence-electron chi connectivity index (χ1n) is 7.52. The zero-order chi connectivity index (χ0) is 16.9. The van der Waals surface area contributed by atoms with Crippen LogP contribution in [0.2, 0.25) is 0 Å². The predicted octanol–water partition coefficient (Wildman–Crippen LogP) is 0.0582. The van der Waals surface area contributed by atoms with Crippen LogP contribution in [0.5, 0.6) is 0 Å². The van der Waals surface area contributed by atoms with Crippen molar-refractivity contribution in [1.82, 2.24) is 15.4 Å². The average molecular weight is 339 g/mol. The van der Waals surface area contributed by atoms with E-state index < -0.39 is 16.1 Å². The van der Waals surface area contributed by atoms with Crippen molar-refractivity contribution in [3.05, 3.63) is 29.8 Å². The molecule has 0 aliphatic carbocycles. The van der Waals surface area contributed by atoms with Gasteiger partial charge in [-0.2, -0.15) is 0 Å². The molecule has 1 aliphatic heterocycles. The second-order valence-corrected chi connectivity index (χ2v) is 7.28. The van der Waals surface area contributed by atoms with Gasteiger partial charge in [0.15, 0.2) is 0 Å². The molecule has 3 N–H and O–H groups in total. The van der Waals surface area contributed by atoms with Crippen LogP contribution in [0.3, 0.4) is 0 Å². The third kappa shape index (κ3) is 5.04. The van der Waals surface area contributed by atoms with E-state index in [1.807, 2.05) is 6.92 Å². The molecule has 0 aromatic heterocycles. The normalized spacial score (nSPS) is 18.3. The lowest BCUT2D eigenvalue weighted by molar-refractivity contribution is -0.130. The molecule has 1 aliphatic rings. The highest BCUT2D eigenvalue weighted by Gasteiger charge is 2.24. The Balaban J connectivity index is 1.77. The number of amides is 2. The lowest BCUT2D eigenvalue weighted by Gasteiger charge is -2.22. The second kappa shape index (κ2) is 7.56. The number of sulfonamides is 1. The Bertz CT molecular complexity index is 670. The molecule has 0 unspecified atom stereocenters. The summed E-state index contributed by atoms with van der Waals surface area (Å²) in [5, 5.41) is 5.24. The van der Waals surface area contributed by atoms with Gasteiger partial charge in [0.2, 0.25) is 21.8 Å². The lowest BCUT2D eigenvalue weighted by Crippen LogP contribution is -2.50. The van der Waals surface area contributed by atoms with Gasteiger partial charge in [0.05, 0.1) is 4.90 Å². The number of carbonyl (C=O) groups excluding carboxylic acids is 2. The zero-order valence-electron chi connectivity index (χ0n) is 13.0. The SMILES string of the molecule is Cc1ccc(S(=O)(=O)NCCNC(=O)[C@H]2CCCC(=O)N2)cc1. The first-order chi connectivity index (χ1) is 10.9. The molecule has 0 saturated carbocycles. The van der Waals surface area contributed by atoms with Crippen LogP contribution in [-0.4, -0.2) is 39.4 Å². The number of aryl methyl sites for hydroxylation is 1. The lowest BCUT2D eigenvalue weighted by atomic mass is 10.0. The van der Waals surface area contributed by atoms with Crippen molar-refractivity contribution >= 4 is 21.8 Å². The quantitative estimate of drug-likeness (QED) is 0.637. The summed E-state index contributed by atoms with van der Waals surface area (Å²) >= 11 is 0. The Morgan fingerprint density at radius 2 is 1.96 bits per heavy atom. The third-order valence-electron chi connectivity index (χ3n) is 3.60. The maximum atomic E-state index is 12.1. The number of nitrogens with one attached hydrogen (secondary N) is 3. The van der Waals surface area contributed by atoms with Crippen molar-refractivity contribution in [2.24, 2.45) is 0 Å². The minimum Gasteiger partial charge on any atom is -0.353 e. The Morgan fingerprint density at radius 1 is 1.26 bits per heavy atom. The number of benzene rings is 1. The van der Waals surface area contributed by atoms with Gasteiger partial charge in [-0.05, 0) is 31.9 Å². The van der Waals surface area contributed by atoms with Crippen molar-refractivity contribution in [1.29, 1.82) is 0 Å². The van der Waals surface area contributed by atoms with Crippen molar-refractivity contribution in [2.45, 2.75) is 37.1 Å². The van der Waals surface area contributed by atoms with Gasteiger partial charge in [-0.3, -0.25) is 9.59 Å². The van der Waals surface area contributed by atoms with E-state index in [1.54, 1.807) is 12.1 Å². The Kier molecular flexibility index (Phi) is 5.73. The minimum absolute atomic E-state index is 0.0859. The number of hydrogen-bond donors (Lipinski definition) is 3. The second-order valence-electron chi connectivity index (χ2n) is 5.51. The smallest absolute Gasteiger partial charge is 0.242 e. The molecule has 7 nitrogen and oxygen atoms in total. The topological polar surface area (TPSA) is 104 Å². The van der Waals surface area contributed by atoms with E-state index in [4.69, 9.17) is 0 Å². The molecule has 126 valence electrons. The van der Waals surface area contributed by atoms with Crippen LogP contribution in [-0.2, 0) is 19.6 Å². The summed E-state index contributed by atoms with van der Waals surface area (Å²) in [4.78, 5) is 23.3. The van der Waals surface area contributed by atoms with E-state index in [0.29, 0.717) is 19.3 Å². The molecule has 1 atom stereocenters. The van der Waals surface area contributed by atoms with E-state index >= 15 is 0 Å². The van der Waals surface area contributed by atoms with Gasteiger partial charge in [0.1, 0.15) is 6.04 Å².